The van der Waals surface area contributed by atoms with Gasteiger partial charge in [0.15, 0.2) is 0 Å². The van der Waals surface area contributed by atoms with Crippen molar-refractivity contribution < 1.29 is 28.1 Å². The summed E-state index contributed by atoms with van der Waals surface area (Å²) in [6.45, 7) is 1.34. The minimum Gasteiger partial charge on any atom is -0.756 e. The SMILES string of the molecule is C[N+](C)(C)CCOP(=O)([O-])OCCCCCCCCCCCCCCCCO. The van der Waals surface area contributed by atoms with E-state index in [-0.39, 0.29) is 13.2 Å². The van der Waals surface area contributed by atoms with E-state index in [1.54, 1.807) is 0 Å². The molecule has 0 aromatic rings. The third-order valence-electron chi connectivity index (χ3n) is 4.81. The number of hydrogen-bond donors (Lipinski definition) is 1. The van der Waals surface area contributed by atoms with Crippen LogP contribution >= 0.6 is 7.82 Å². The third-order valence-corrected chi connectivity index (χ3v) is 5.81. The Bertz CT molecular complexity index is 387. The Morgan fingerprint density at radius 2 is 1.04 bits per heavy atom. The van der Waals surface area contributed by atoms with Crippen molar-refractivity contribution in [1.82, 2.24) is 0 Å². The molecule has 0 fully saturated rings. The molecule has 28 heavy (non-hydrogen) atoms. The van der Waals surface area contributed by atoms with Crippen LogP contribution in [0.1, 0.15) is 89.9 Å². The van der Waals surface area contributed by atoms with Crippen LogP contribution in [-0.4, -0.2) is 57.1 Å². The topological polar surface area (TPSA) is 78.8 Å². The van der Waals surface area contributed by atoms with E-state index in [0.29, 0.717) is 17.6 Å². The molecule has 7 heteroatoms. The predicted octanol–water partition coefficient (Wildman–Crippen LogP) is 4.65. The average Bonchev–Trinajstić information content (AvgIpc) is 2.60. The van der Waals surface area contributed by atoms with Gasteiger partial charge in [-0.15, -0.1) is 0 Å². The van der Waals surface area contributed by atoms with Gasteiger partial charge in [0, 0.05) is 6.61 Å². The molecule has 0 amide bonds. The van der Waals surface area contributed by atoms with Gasteiger partial charge in [0.2, 0.25) is 0 Å². The fourth-order valence-electron chi connectivity index (χ4n) is 2.98. The molecule has 0 aliphatic rings. The summed E-state index contributed by atoms with van der Waals surface area (Å²) in [6.07, 6.45) is 16.7. The number of phosphoric ester groups is 1. The Kier molecular flexibility index (Phi) is 17.9. The van der Waals surface area contributed by atoms with E-state index < -0.39 is 7.82 Å². The summed E-state index contributed by atoms with van der Waals surface area (Å²) in [5, 5.41) is 8.72. The van der Waals surface area contributed by atoms with E-state index in [9.17, 15) is 9.46 Å². The van der Waals surface area contributed by atoms with Crippen LogP contribution in [0.2, 0.25) is 0 Å². The van der Waals surface area contributed by atoms with Crippen LogP contribution < -0.4 is 4.89 Å². The smallest absolute Gasteiger partial charge is 0.268 e. The molecule has 0 saturated carbocycles. The highest BCUT2D eigenvalue weighted by atomic mass is 31.2. The number of phosphoric acid groups is 1. The standard InChI is InChI=1S/C21H46NO5P/c1-22(2,3)18-21-27-28(24,25)26-20-17-15-13-11-9-7-5-4-6-8-10-12-14-16-19-23/h23H,4-21H2,1-3H3. The number of rotatable bonds is 21. The molecule has 0 aromatic heterocycles. The maximum atomic E-state index is 11.6. The van der Waals surface area contributed by atoms with Gasteiger partial charge in [0.05, 0.1) is 27.7 Å². The van der Waals surface area contributed by atoms with Gasteiger partial charge in [0.1, 0.15) is 13.2 Å². The molecule has 170 valence electrons. The number of unbranched alkanes of at least 4 members (excludes halogenated alkanes) is 13. The van der Waals surface area contributed by atoms with E-state index in [0.717, 1.165) is 32.1 Å². The number of hydrogen-bond acceptors (Lipinski definition) is 5. The van der Waals surface area contributed by atoms with Crippen LogP contribution in [0.4, 0.5) is 0 Å². The van der Waals surface area contributed by atoms with Crippen LogP contribution in [0.15, 0.2) is 0 Å². The van der Waals surface area contributed by atoms with Crippen LogP contribution in [-0.2, 0) is 13.6 Å². The molecule has 0 saturated heterocycles. The lowest BCUT2D eigenvalue weighted by Gasteiger charge is -2.27. The first-order valence-corrected chi connectivity index (χ1v) is 12.7. The fraction of sp³-hybridized carbons (Fsp3) is 1.00. The number of aliphatic hydroxyl groups excluding tert-OH is 1. The lowest BCUT2D eigenvalue weighted by Crippen LogP contribution is -2.37. The van der Waals surface area contributed by atoms with Crippen LogP contribution in [0, 0.1) is 0 Å². The van der Waals surface area contributed by atoms with Crippen molar-refractivity contribution >= 4 is 7.82 Å². The molecule has 0 aliphatic carbocycles. The summed E-state index contributed by atoms with van der Waals surface area (Å²) >= 11 is 0. The zero-order chi connectivity index (χ0) is 21.1. The summed E-state index contributed by atoms with van der Waals surface area (Å²) in [4.78, 5) is 11.6. The van der Waals surface area contributed by atoms with Crippen LogP contribution in [0.3, 0.4) is 0 Å². The maximum Gasteiger partial charge on any atom is 0.268 e. The highest BCUT2D eigenvalue weighted by molar-refractivity contribution is 7.45. The van der Waals surface area contributed by atoms with Crippen molar-refractivity contribution in [3.8, 4) is 0 Å². The highest BCUT2D eigenvalue weighted by Crippen LogP contribution is 2.38. The van der Waals surface area contributed by atoms with Gasteiger partial charge in [-0.3, -0.25) is 4.57 Å². The molecule has 0 rings (SSSR count). The second-order valence-electron chi connectivity index (χ2n) is 8.80. The van der Waals surface area contributed by atoms with Crippen molar-refractivity contribution in [2.75, 3.05) is 47.5 Å². The van der Waals surface area contributed by atoms with Gasteiger partial charge in [0.25, 0.3) is 7.82 Å². The number of quaternary nitrogens is 1. The zero-order valence-corrected chi connectivity index (χ0v) is 19.6. The summed E-state index contributed by atoms with van der Waals surface area (Å²) in [7, 11) is 1.83. The van der Waals surface area contributed by atoms with Crippen LogP contribution in [0.25, 0.3) is 0 Å². The molecule has 6 nitrogen and oxygen atoms in total. The molecule has 1 unspecified atom stereocenters. The van der Waals surface area contributed by atoms with Crippen molar-refractivity contribution in [2.45, 2.75) is 89.9 Å². The second kappa shape index (κ2) is 17.9. The van der Waals surface area contributed by atoms with E-state index in [1.165, 1.54) is 57.8 Å². The fourth-order valence-corrected chi connectivity index (χ4v) is 3.71. The van der Waals surface area contributed by atoms with Gasteiger partial charge < -0.3 is 23.5 Å². The molecule has 0 radical (unpaired) electrons. The number of nitrogens with zero attached hydrogens (tertiary/aromatic N) is 1. The van der Waals surface area contributed by atoms with Gasteiger partial charge in [-0.05, 0) is 12.8 Å². The average molecular weight is 424 g/mol. The summed E-state index contributed by atoms with van der Waals surface area (Å²) < 4.78 is 22.1. The molecule has 0 bridgehead atoms. The summed E-state index contributed by atoms with van der Waals surface area (Å²) in [5.74, 6) is 0. The van der Waals surface area contributed by atoms with Crippen molar-refractivity contribution in [3.05, 3.63) is 0 Å². The monoisotopic (exact) mass is 423 g/mol. The van der Waals surface area contributed by atoms with Crippen molar-refractivity contribution in [2.24, 2.45) is 0 Å². The Morgan fingerprint density at radius 3 is 1.43 bits per heavy atom. The van der Waals surface area contributed by atoms with Gasteiger partial charge in [-0.25, -0.2) is 0 Å². The first-order chi connectivity index (χ1) is 13.3. The van der Waals surface area contributed by atoms with E-state index in [2.05, 4.69) is 0 Å². The molecule has 0 aliphatic heterocycles. The van der Waals surface area contributed by atoms with E-state index in [1.807, 2.05) is 21.1 Å². The Labute approximate surface area is 173 Å². The Hall–Kier alpha value is 0.0300. The molecule has 0 heterocycles. The second-order valence-corrected chi connectivity index (χ2v) is 10.2. The molecule has 0 spiro atoms. The van der Waals surface area contributed by atoms with E-state index in [4.69, 9.17) is 14.2 Å². The first-order valence-electron chi connectivity index (χ1n) is 11.3. The predicted molar refractivity (Wildman–Crippen MR) is 114 cm³/mol. The van der Waals surface area contributed by atoms with Gasteiger partial charge >= 0.3 is 0 Å². The molecule has 1 atom stereocenters. The molecule has 0 aromatic carbocycles. The number of likely N-dealkylation sites (N-methyl/N-ethyl adjacent to an activating group) is 1. The lowest BCUT2D eigenvalue weighted by molar-refractivity contribution is -0.870. The largest absolute Gasteiger partial charge is 0.756 e. The normalized spacial score (nSPS) is 14.3. The van der Waals surface area contributed by atoms with Crippen LogP contribution in [0.5, 0.6) is 0 Å². The summed E-state index contributed by atoms with van der Waals surface area (Å²) in [6, 6.07) is 0. The lowest BCUT2D eigenvalue weighted by atomic mass is 10.0. The Morgan fingerprint density at radius 1 is 0.679 bits per heavy atom. The summed E-state index contributed by atoms with van der Waals surface area (Å²) in [5.41, 5.74) is 0. The zero-order valence-electron chi connectivity index (χ0n) is 18.7. The quantitative estimate of drug-likeness (QED) is 0.165. The van der Waals surface area contributed by atoms with Gasteiger partial charge in [-0.2, -0.15) is 0 Å². The minimum atomic E-state index is -4.14. The van der Waals surface area contributed by atoms with Crippen molar-refractivity contribution in [1.29, 1.82) is 0 Å². The molecular formula is C21H46NO5P. The Balaban J connectivity index is 3.29. The van der Waals surface area contributed by atoms with E-state index >= 15 is 0 Å². The molecule has 1 N–H and O–H groups in total. The van der Waals surface area contributed by atoms with Gasteiger partial charge in [-0.1, -0.05) is 77.0 Å². The van der Waals surface area contributed by atoms with Crippen molar-refractivity contribution in [3.63, 3.8) is 0 Å². The minimum absolute atomic E-state index is 0.161. The first kappa shape index (κ1) is 28.0. The highest BCUT2D eigenvalue weighted by Gasteiger charge is 2.12. The molecular weight excluding hydrogens is 377 g/mol. The third kappa shape index (κ3) is 22.3. The number of aliphatic hydroxyl groups is 1. The maximum absolute atomic E-state index is 11.6.